The fourth-order valence-electron chi connectivity index (χ4n) is 2.67. The molecule has 3 aromatic rings. The van der Waals surface area contributed by atoms with Gasteiger partial charge in [0.25, 0.3) is 0 Å². The summed E-state index contributed by atoms with van der Waals surface area (Å²) in [5.74, 6) is -0.367. The summed E-state index contributed by atoms with van der Waals surface area (Å²) in [4.78, 5) is 25.2. The fraction of sp³-hybridized carbons (Fsp3) is 0.263. The molecule has 146 valence electrons. The first-order valence-corrected chi connectivity index (χ1v) is 10.9. The van der Waals surface area contributed by atoms with Gasteiger partial charge in [-0.1, -0.05) is 48.7 Å². The number of benzene rings is 1. The maximum absolute atomic E-state index is 13.1. The number of carbonyl (C=O) groups is 1. The van der Waals surface area contributed by atoms with Crippen molar-refractivity contribution in [2.24, 2.45) is 5.92 Å². The van der Waals surface area contributed by atoms with E-state index in [9.17, 15) is 9.00 Å². The highest BCUT2D eigenvalue weighted by atomic mass is 35.5. The Morgan fingerprint density at radius 2 is 1.75 bits per heavy atom. The molecule has 0 aliphatic heterocycles. The highest BCUT2D eigenvalue weighted by Crippen LogP contribution is 2.38. The monoisotopic (exact) mass is 455 g/mol. The number of nitrogens with zero attached hydrogens (tertiary/aromatic N) is 3. The third-order valence-electron chi connectivity index (χ3n) is 4.12. The number of fused-ring (bicyclic) bond motifs is 1. The zero-order valence-electron chi connectivity index (χ0n) is 15.1. The zero-order valence-corrected chi connectivity index (χ0v) is 18.2. The molecule has 2 aromatic heterocycles. The molecule has 1 unspecified atom stereocenters. The quantitative estimate of drug-likeness (QED) is 0.478. The number of carbonyl (C=O) groups excluding carboxylic acids is 1. The molecule has 0 aliphatic rings. The van der Waals surface area contributed by atoms with Gasteiger partial charge in [-0.15, -0.1) is 0 Å². The molecule has 0 spiro atoms. The molecule has 0 bridgehead atoms. The van der Waals surface area contributed by atoms with E-state index in [2.05, 4.69) is 15.0 Å². The van der Waals surface area contributed by atoms with E-state index < -0.39 is 10.8 Å². The molecule has 9 heteroatoms. The lowest BCUT2D eigenvalue weighted by Crippen LogP contribution is -2.16. The molecule has 0 saturated carbocycles. The van der Waals surface area contributed by atoms with E-state index in [1.807, 2.05) is 0 Å². The third kappa shape index (κ3) is 4.20. The number of hydrogen-bond donors (Lipinski definition) is 0. The maximum atomic E-state index is 13.1. The first kappa shape index (κ1) is 21.1. The van der Waals surface area contributed by atoms with Crippen LogP contribution in [0.1, 0.15) is 29.8 Å². The molecule has 0 amide bonds. The van der Waals surface area contributed by atoms with Crippen LogP contribution in [-0.4, -0.2) is 30.7 Å². The Labute approximate surface area is 179 Å². The Kier molecular flexibility index (Phi) is 6.65. The lowest BCUT2D eigenvalue weighted by atomic mass is 10.0. The average molecular weight is 457 g/mol. The van der Waals surface area contributed by atoms with Gasteiger partial charge in [0.1, 0.15) is 11.4 Å². The third-order valence-corrected chi connectivity index (χ3v) is 6.42. The molecule has 28 heavy (non-hydrogen) atoms. The number of pyridine rings is 1. The summed E-state index contributed by atoms with van der Waals surface area (Å²) in [6, 6.07) is 3.18. The summed E-state index contributed by atoms with van der Waals surface area (Å²) in [6.07, 6.45) is 5.20. The van der Waals surface area contributed by atoms with Crippen molar-refractivity contribution in [2.45, 2.75) is 25.3 Å². The van der Waals surface area contributed by atoms with Crippen molar-refractivity contribution < 1.29 is 9.00 Å². The second kappa shape index (κ2) is 8.82. The molecule has 3 rings (SSSR count). The Hall–Kier alpha value is -1.60. The van der Waals surface area contributed by atoms with Crippen molar-refractivity contribution in [1.29, 1.82) is 0 Å². The Morgan fingerprint density at radius 3 is 2.39 bits per heavy atom. The molecule has 5 nitrogen and oxygen atoms in total. The molecule has 1 aromatic carbocycles. The van der Waals surface area contributed by atoms with Crippen LogP contribution in [0.15, 0.2) is 35.9 Å². The van der Waals surface area contributed by atoms with Crippen LogP contribution in [0.25, 0.3) is 10.9 Å². The summed E-state index contributed by atoms with van der Waals surface area (Å²) < 4.78 is 13.1. The summed E-state index contributed by atoms with van der Waals surface area (Å²) in [5.41, 5.74) is 1.29. The normalized spacial score (nSPS) is 12.5. The summed E-state index contributed by atoms with van der Waals surface area (Å²) in [6.45, 7) is 3.49. The SMILES string of the molecule is CC(C)C(=O)c1c(S(=O)CCc2cncnc2)nc2c(Cl)ccc(Cl)c2c1Cl. The lowest BCUT2D eigenvalue weighted by molar-refractivity contribution is 0.0936. The molecule has 0 fully saturated rings. The van der Waals surface area contributed by atoms with Crippen molar-refractivity contribution in [3.63, 3.8) is 0 Å². The van der Waals surface area contributed by atoms with Crippen LogP contribution in [0.5, 0.6) is 0 Å². The molecule has 1 atom stereocenters. The van der Waals surface area contributed by atoms with Crippen LogP contribution in [0.4, 0.5) is 0 Å². The molecule has 0 saturated heterocycles. The summed E-state index contributed by atoms with van der Waals surface area (Å²) in [5, 5.41) is 1.28. The van der Waals surface area contributed by atoms with E-state index in [-0.39, 0.29) is 33.1 Å². The highest BCUT2D eigenvalue weighted by molar-refractivity contribution is 7.85. The first-order chi connectivity index (χ1) is 13.3. The minimum absolute atomic E-state index is 0.122. The zero-order chi connectivity index (χ0) is 20.4. The van der Waals surface area contributed by atoms with Gasteiger partial charge in [-0.3, -0.25) is 9.00 Å². The molecule has 2 heterocycles. The molecule has 0 N–H and O–H groups in total. The number of aryl methyl sites for hydroxylation is 1. The summed E-state index contributed by atoms with van der Waals surface area (Å²) >= 11 is 19.1. The lowest BCUT2D eigenvalue weighted by Gasteiger charge is -2.15. The van der Waals surface area contributed by atoms with Gasteiger partial charge < -0.3 is 0 Å². The number of hydrogen-bond acceptors (Lipinski definition) is 5. The van der Waals surface area contributed by atoms with Crippen molar-refractivity contribution in [1.82, 2.24) is 15.0 Å². The van der Waals surface area contributed by atoms with Gasteiger partial charge in [0, 0.05) is 29.5 Å². The molecular formula is C19H16Cl3N3O2S. The van der Waals surface area contributed by atoms with Crippen LogP contribution >= 0.6 is 34.8 Å². The Balaban J connectivity index is 2.13. The standard InChI is InChI=1S/C19H16Cl3N3O2S/c1-10(2)18(26)15-16(22)14-12(20)3-4-13(21)17(14)25-19(15)28(27)6-5-11-7-23-9-24-8-11/h3-4,7-10H,5-6H2,1-2H3. The van der Waals surface area contributed by atoms with Gasteiger partial charge in [0.05, 0.1) is 36.9 Å². The van der Waals surface area contributed by atoms with Crippen LogP contribution < -0.4 is 0 Å². The van der Waals surface area contributed by atoms with Gasteiger partial charge in [-0.2, -0.15) is 0 Å². The van der Waals surface area contributed by atoms with Crippen LogP contribution in [0.3, 0.4) is 0 Å². The summed E-state index contributed by atoms with van der Waals surface area (Å²) in [7, 11) is -1.59. The second-order valence-corrected chi connectivity index (χ2v) is 9.10. The average Bonchev–Trinajstić information content (AvgIpc) is 2.68. The smallest absolute Gasteiger partial charge is 0.169 e. The minimum atomic E-state index is -1.59. The van der Waals surface area contributed by atoms with Crippen molar-refractivity contribution in [3.8, 4) is 0 Å². The number of rotatable bonds is 6. The van der Waals surface area contributed by atoms with Gasteiger partial charge in [0.15, 0.2) is 5.78 Å². The fourth-order valence-corrected chi connectivity index (χ4v) is 4.83. The van der Waals surface area contributed by atoms with E-state index in [4.69, 9.17) is 34.8 Å². The van der Waals surface area contributed by atoms with Crippen molar-refractivity contribution in [2.75, 3.05) is 5.75 Å². The minimum Gasteiger partial charge on any atom is -0.294 e. The highest BCUT2D eigenvalue weighted by Gasteiger charge is 2.27. The molecule has 0 aliphatic carbocycles. The van der Waals surface area contributed by atoms with E-state index in [0.717, 1.165) is 5.56 Å². The number of halogens is 3. The van der Waals surface area contributed by atoms with Gasteiger partial charge in [-0.25, -0.2) is 15.0 Å². The number of ketones is 1. The Bertz CT molecular complexity index is 1080. The van der Waals surface area contributed by atoms with E-state index in [1.54, 1.807) is 38.4 Å². The van der Waals surface area contributed by atoms with E-state index in [0.29, 0.717) is 27.4 Å². The van der Waals surface area contributed by atoms with E-state index >= 15 is 0 Å². The van der Waals surface area contributed by atoms with Crippen LogP contribution in [0, 0.1) is 5.92 Å². The van der Waals surface area contributed by atoms with Crippen LogP contribution in [0.2, 0.25) is 15.1 Å². The van der Waals surface area contributed by atoms with Gasteiger partial charge >= 0.3 is 0 Å². The first-order valence-electron chi connectivity index (χ1n) is 8.45. The number of aromatic nitrogens is 3. The Morgan fingerprint density at radius 1 is 1.11 bits per heavy atom. The van der Waals surface area contributed by atoms with Crippen LogP contribution in [-0.2, 0) is 17.2 Å². The van der Waals surface area contributed by atoms with Crippen molar-refractivity contribution >= 4 is 62.3 Å². The van der Waals surface area contributed by atoms with Crippen molar-refractivity contribution in [3.05, 3.63) is 57.0 Å². The topological polar surface area (TPSA) is 72.8 Å². The van der Waals surface area contributed by atoms with Gasteiger partial charge in [0.2, 0.25) is 0 Å². The number of Topliss-reactive ketones (excluding diaryl/α,β-unsaturated/α-hetero) is 1. The predicted octanol–water partition coefficient (Wildman–Crippen LogP) is 5.17. The maximum Gasteiger partial charge on any atom is 0.169 e. The molecule has 0 radical (unpaired) electrons. The largest absolute Gasteiger partial charge is 0.294 e. The predicted molar refractivity (Wildman–Crippen MR) is 113 cm³/mol. The van der Waals surface area contributed by atoms with E-state index in [1.165, 1.54) is 6.33 Å². The second-order valence-electron chi connectivity index (χ2n) is 6.42. The van der Waals surface area contributed by atoms with Gasteiger partial charge in [-0.05, 0) is 24.1 Å². The molecular weight excluding hydrogens is 441 g/mol.